The Bertz CT molecular complexity index is 221. The van der Waals surface area contributed by atoms with E-state index in [2.05, 4.69) is 16.7 Å². The van der Waals surface area contributed by atoms with Gasteiger partial charge in [-0.1, -0.05) is 6.92 Å². The van der Waals surface area contributed by atoms with Crippen LogP contribution in [0.1, 0.15) is 27.2 Å². The van der Waals surface area contributed by atoms with Crippen LogP contribution in [0.4, 0.5) is 0 Å². The van der Waals surface area contributed by atoms with Crippen molar-refractivity contribution in [3.63, 3.8) is 0 Å². The fourth-order valence-corrected chi connectivity index (χ4v) is 2.32. The Morgan fingerprint density at radius 3 is 2.00 bits per heavy atom. The van der Waals surface area contributed by atoms with Crippen LogP contribution in [-0.2, 0) is 4.79 Å². The number of carbonyl (C=O) groups is 1. The largest absolute Gasteiger partial charge is 0.343 e. The lowest BCUT2D eigenvalue weighted by Gasteiger charge is -2.34. The Hall–Kier alpha value is -0.610. The quantitative estimate of drug-likeness (QED) is 0.691. The van der Waals surface area contributed by atoms with Gasteiger partial charge in [-0.25, -0.2) is 0 Å². The van der Waals surface area contributed by atoms with Gasteiger partial charge in [0.2, 0.25) is 5.91 Å². The number of nitrogens with zero attached hydrogens (tertiary/aromatic N) is 3. The van der Waals surface area contributed by atoms with E-state index in [-0.39, 0.29) is 0 Å². The highest BCUT2D eigenvalue weighted by atomic mass is 16.2. The lowest BCUT2D eigenvalue weighted by Crippen LogP contribution is -2.47. The smallest absolute Gasteiger partial charge is 0.223 e. The molecule has 100 valence electrons. The van der Waals surface area contributed by atoms with E-state index < -0.39 is 0 Å². The molecule has 1 fully saturated rings. The number of piperazine rings is 1. The topological polar surface area (TPSA) is 26.8 Å². The van der Waals surface area contributed by atoms with Gasteiger partial charge in [-0.2, -0.15) is 0 Å². The molecule has 1 aliphatic rings. The zero-order chi connectivity index (χ0) is 12.7. The van der Waals surface area contributed by atoms with E-state index in [0.29, 0.717) is 12.3 Å². The van der Waals surface area contributed by atoms with Gasteiger partial charge in [0.15, 0.2) is 0 Å². The molecule has 0 aromatic heterocycles. The summed E-state index contributed by atoms with van der Waals surface area (Å²) in [6.07, 6.45) is 0.674. The van der Waals surface area contributed by atoms with Crippen molar-refractivity contribution < 1.29 is 4.79 Å². The molecule has 1 amide bonds. The van der Waals surface area contributed by atoms with Gasteiger partial charge in [-0.3, -0.25) is 4.79 Å². The van der Waals surface area contributed by atoms with Gasteiger partial charge >= 0.3 is 0 Å². The predicted octanol–water partition coefficient (Wildman–Crippen LogP) is 0.882. The van der Waals surface area contributed by atoms with Gasteiger partial charge in [0.1, 0.15) is 0 Å². The monoisotopic (exact) mass is 241 g/mol. The van der Waals surface area contributed by atoms with Crippen molar-refractivity contribution in [3.05, 3.63) is 0 Å². The second-order valence-electron chi connectivity index (χ2n) is 4.59. The van der Waals surface area contributed by atoms with Crippen LogP contribution in [0.2, 0.25) is 0 Å². The number of hydrogen-bond donors (Lipinski definition) is 0. The third-order valence-electron chi connectivity index (χ3n) is 3.67. The van der Waals surface area contributed by atoms with E-state index in [9.17, 15) is 4.79 Å². The van der Waals surface area contributed by atoms with Crippen molar-refractivity contribution in [3.8, 4) is 0 Å². The molecule has 0 spiro atoms. The summed E-state index contributed by atoms with van der Waals surface area (Å²) < 4.78 is 0. The van der Waals surface area contributed by atoms with Gasteiger partial charge < -0.3 is 14.7 Å². The van der Waals surface area contributed by atoms with E-state index in [0.717, 1.165) is 52.4 Å². The maximum Gasteiger partial charge on any atom is 0.223 e. The second kappa shape index (κ2) is 7.67. The Kier molecular flexibility index (Phi) is 6.52. The molecule has 1 aliphatic heterocycles. The van der Waals surface area contributed by atoms with Crippen LogP contribution in [0, 0.1) is 0 Å². The summed E-state index contributed by atoms with van der Waals surface area (Å²) in [5, 5.41) is 0. The molecule has 0 aromatic rings. The first-order chi connectivity index (χ1) is 8.21. The summed E-state index contributed by atoms with van der Waals surface area (Å²) in [6.45, 7) is 14.5. The van der Waals surface area contributed by atoms with Gasteiger partial charge in [0.25, 0.3) is 0 Å². The lowest BCUT2D eigenvalue weighted by molar-refractivity contribution is -0.131. The first kappa shape index (κ1) is 14.5. The molecule has 0 unspecified atom stereocenters. The number of amides is 1. The minimum Gasteiger partial charge on any atom is -0.343 e. The standard InChI is InChI=1S/C13H27N3O/c1-4-14-9-11-15(12-10-14)8-7-13(17)16(5-2)6-3/h4-12H2,1-3H3. The van der Waals surface area contributed by atoms with Crippen LogP contribution < -0.4 is 0 Å². The first-order valence-corrected chi connectivity index (χ1v) is 6.93. The molecule has 1 saturated heterocycles. The van der Waals surface area contributed by atoms with E-state index in [1.165, 1.54) is 0 Å². The van der Waals surface area contributed by atoms with Gasteiger partial charge in [-0.05, 0) is 20.4 Å². The van der Waals surface area contributed by atoms with E-state index >= 15 is 0 Å². The summed E-state index contributed by atoms with van der Waals surface area (Å²) in [4.78, 5) is 18.6. The van der Waals surface area contributed by atoms with E-state index in [4.69, 9.17) is 0 Å². The molecule has 1 heterocycles. The highest BCUT2D eigenvalue weighted by Crippen LogP contribution is 2.03. The van der Waals surface area contributed by atoms with Crippen molar-refractivity contribution in [1.29, 1.82) is 0 Å². The molecule has 0 N–H and O–H groups in total. The molecule has 0 atom stereocenters. The third kappa shape index (κ3) is 4.64. The highest BCUT2D eigenvalue weighted by molar-refractivity contribution is 5.76. The Labute approximate surface area is 106 Å². The Balaban J connectivity index is 2.21. The molecule has 4 nitrogen and oxygen atoms in total. The summed E-state index contributed by atoms with van der Waals surface area (Å²) in [5.74, 6) is 0.299. The van der Waals surface area contributed by atoms with Gasteiger partial charge in [0, 0.05) is 52.2 Å². The molecular formula is C13H27N3O. The lowest BCUT2D eigenvalue weighted by atomic mass is 10.2. The number of likely N-dealkylation sites (N-methyl/N-ethyl adjacent to an activating group) is 1. The summed E-state index contributed by atoms with van der Waals surface area (Å²) in [5.41, 5.74) is 0. The van der Waals surface area contributed by atoms with Gasteiger partial charge in [-0.15, -0.1) is 0 Å². The SMILES string of the molecule is CCN1CCN(CCC(=O)N(CC)CC)CC1. The third-order valence-corrected chi connectivity index (χ3v) is 3.67. The van der Waals surface area contributed by atoms with E-state index in [1.54, 1.807) is 0 Å². The van der Waals surface area contributed by atoms with Crippen molar-refractivity contribution >= 4 is 5.91 Å². The van der Waals surface area contributed by atoms with Crippen molar-refractivity contribution in [2.45, 2.75) is 27.2 Å². The zero-order valence-electron chi connectivity index (χ0n) is 11.6. The average Bonchev–Trinajstić information content (AvgIpc) is 2.38. The first-order valence-electron chi connectivity index (χ1n) is 6.93. The van der Waals surface area contributed by atoms with Crippen LogP contribution >= 0.6 is 0 Å². The van der Waals surface area contributed by atoms with Gasteiger partial charge in [0.05, 0.1) is 0 Å². The Morgan fingerprint density at radius 2 is 1.53 bits per heavy atom. The molecule has 1 rings (SSSR count). The van der Waals surface area contributed by atoms with Crippen LogP contribution in [0.3, 0.4) is 0 Å². The van der Waals surface area contributed by atoms with Crippen molar-refractivity contribution in [1.82, 2.24) is 14.7 Å². The minimum atomic E-state index is 0.299. The molecule has 17 heavy (non-hydrogen) atoms. The van der Waals surface area contributed by atoms with Crippen molar-refractivity contribution in [2.75, 3.05) is 52.4 Å². The molecule has 4 heteroatoms. The second-order valence-corrected chi connectivity index (χ2v) is 4.59. The molecule has 0 saturated carbocycles. The number of rotatable bonds is 6. The van der Waals surface area contributed by atoms with Crippen LogP contribution in [0.5, 0.6) is 0 Å². The molecule has 0 aliphatic carbocycles. The van der Waals surface area contributed by atoms with Crippen LogP contribution in [0.15, 0.2) is 0 Å². The molecule has 0 aromatic carbocycles. The van der Waals surface area contributed by atoms with Crippen LogP contribution in [-0.4, -0.2) is 73.0 Å². The Morgan fingerprint density at radius 1 is 1.00 bits per heavy atom. The molecular weight excluding hydrogens is 214 g/mol. The molecule has 0 radical (unpaired) electrons. The van der Waals surface area contributed by atoms with Crippen molar-refractivity contribution in [2.24, 2.45) is 0 Å². The van der Waals surface area contributed by atoms with Crippen LogP contribution in [0.25, 0.3) is 0 Å². The summed E-state index contributed by atoms with van der Waals surface area (Å²) in [7, 11) is 0. The summed E-state index contributed by atoms with van der Waals surface area (Å²) >= 11 is 0. The average molecular weight is 241 g/mol. The normalized spacial score (nSPS) is 18.3. The maximum absolute atomic E-state index is 11.9. The molecule has 0 bridgehead atoms. The fraction of sp³-hybridized carbons (Fsp3) is 0.923. The maximum atomic E-state index is 11.9. The fourth-order valence-electron chi connectivity index (χ4n) is 2.32. The minimum absolute atomic E-state index is 0.299. The van der Waals surface area contributed by atoms with E-state index in [1.807, 2.05) is 18.7 Å². The number of carbonyl (C=O) groups excluding carboxylic acids is 1. The highest BCUT2D eigenvalue weighted by Gasteiger charge is 2.17. The summed E-state index contributed by atoms with van der Waals surface area (Å²) in [6, 6.07) is 0. The predicted molar refractivity (Wildman–Crippen MR) is 71.1 cm³/mol. The number of hydrogen-bond acceptors (Lipinski definition) is 3. The zero-order valence-corrected chi connectivity index (χ0v) is 11.6.